The van der Waals surface area contributed by atoms with Crippen molar-refractivity contribution >= 4 is 38.4 Å². The number of imidazole rings is 1. The first-order valence-corrected chi connectivity index (χ1v) is 15.9. The van der Waals surface area contributed by atoms with Crippen LogP contribution >= 0.6 is 0 Å². The van der Waals surface area contributed by atoms with Gasteiger partial charge in [-0.15, -0.1) is 0 Å². The van der Waals surface area contributed by atoms with Crippen molar-refractivity contribution in [3.05, 3.63) is 192 Å². The van der Waals surface area contributed by atoms with Crippen LogP contribution in [-0.2, 0) is 5.41 Å². The third-order valence-corrected chi connectivity index (χ3v) is 10.0. The molecule has 1 aliphatic rings. The highest BCUT2D eigenvalue weighted by molar-refractivity contribution is 6.14. The Bertz CT molecular complexity index is 2590. The zero-order valence-corrected chi connectivity index (χ0v) is 25.1. The van der Waals surface area contributed by atoms with Gasteiger partial charge < -0.3 is 0 Å². The molecule has 9 aromatic rings. The van der Waals surface area contributed by atoms with Gasteiger partial charge in [-0.2, -0.15) is 0 Å². The molecule has 0 aliphatic heterocycles. The van der Waals surface area contributed by atoms with E-state index in [1.807, 2.05) is 0 Å². The molecule has 0 radical (unpaired) electrons. The highest BCUT2D eigenvalue weighted by Crippen LogP contribution is 2.56. The molecule has 0 unspecified atom stereocenters. The van der Waals surface area contributed by atoms with Crippen molar-refractivity contribution in [2.45, 2.75) is 5.41 Å². The predicted molar refractivity (Wildman–Crippen MR) is 190 cm³/mol. The molecule has 0 spiro atoms. The number of para-hydroxylation sites is 2. The monoisotopic (exact) mass is 584 g/mol. The van der Waals surface area contributed by atoms with Gasteiger partial charge >= 0.3 is 0 Å². The molecule has 2 aromatic heterocycles. The van der Waals surface area contributed by atoms with Gasteiger partial charge in [-0.1, -0.05) is 140 Å². The Balaban J connectivity index is 1.27. The molecule has 7 aromatic carbocycles. The van der Waals surface area contributed by atoms with Crippen LogP contribution in [0.1, 0.15) is 22.3 Å². The van der Waals surface area contributed by atoms with E-state index in [9.17, 15) is 0 Å². The largest absolute Gasteiger partial charge is 0.292 e. The molecule has 0 saturated heterocycles. The summed E-state index contributed by atoms with van der Waals surface area (Å²) in [6, 6.07) is 62.1. The zero-order valence-electron chi connectivity index (χ0n) is 25.1. The van der Waals surface area contributed by atoms with Crippen LogP contribution in [0.5, 0.6) is 0 Å². The summed E-state index contributed by atoms with van der Waals surface area (Å²) >= 11 is 0. The van der Waals surface area contributed by atoms with Crippen molar-refractivity contribution < 1.29 is 0 Å². The SMILES string of the molecule is c1ccc(C2(c3ccccc3)c3ccccc3-c3ccc(-c4ccc5c(c4)c4ccccc4c4nc6ccccc6n54)cc32)cc1. The van der Waals surface area contributed by atoms with Gasteiger partial charge in [-0.3, -0.25) is 4.40 Å². The minimum absolute atomic E-state index is 0.421. The number of fused-ring (bicyclic) bond motifs is 11. The third kappa shape index (κ3) is 3.33. The number of hydrogen-bond acceptors (Lipinski definition) is 1. The van der Waals surface area contributed by atoms with Gasteiger partial charge in [0.2, 0.25) is 0 Å². The Labute approximate surface area is 266 Å². The van der Waals surface area contributed by atoms with Crippen molar-refractivity contribution in [2.75, 3.05) is 0 Å². The molecule has 2 heteroatoms. The van der Waals surface area contributed by atoms with Crippen molar-refractivity contribution in [1.82, 2.24) is 9.38 Å². The van der Waals surface area contributed by atoms with Gasteiger partial charge in [-0.25, -0.2) is 4.98 Å². The molecule has 2 heterocycles. The maximum absolute atomic E-state index is 5.07. The van der Waals surface area contributed by atoms with Crippen molar-refractivity contribution in [3.8, 4) is 22.3 Å². The summed E-state index contributed by atoms with van der Waals surface area (Å²) in [5.74, 6) is 0. The maximum atomic E-state index is 5.07. The van der Waals surface area contributed by atoms with E-state index in [2.05, 4.69) is 174 Å². The minimum atomic E-state index is -0.421. The Hall–Kier alpha value is -5.99. The number of benzene rings is 7. The first kappa shape index (κ1) is 25.3. The van der Waals surface area contributed by atoms with E-state index >= 15 is 0 Å². The lowest BCUT2D eigenvalue weighted by molar-refractivity contribution is 0.769. The van der Waals surface area contributed by atoms with Crippen LogP contribution in [0.4, 0.5) is 0 Å². The lowest BCUT2D eigenvalue weighted by atomic mass is 9.67. The summed E-state index contributed by atoms with van der Waals surface area (Å²) in [6.45, 7) is 0. The Kier molecular flexibility index (Phi) is 5.24. The number of aromatic nitrogens is 2. The van der Waals surface area contributed by atoms with Crippen LogP contribution in [0.3, 0.4) is 0 Å². The van der Waals surface area contributed by atoms with E-state index in [1.54, 1.807) is 0 Å². The highest BCUT2D eigenvalue weighted by Gasteiger charge is 2.46. The lowest BCUT2D eigenvalue weighted by Gasteiger charge is -2.34. The van der Waals surface area contributed by atoms with Crippen LogP contribution in [0.15, 0.2) is 170 Å². The predicted octanol–water partition coefficient (Wildman–Crippen LogP) is 10.8. The molecule has 0 bridgehead atoms. The molecule has 0 N–H and O–H groups in total. The molecule has 0 atom stereocenters. The van der Waals surface area contributed by atoms with E-state index < -0.39 is 5.41 Å². The van der Waals surface area contributed by atoms with E-state index in [0.29, 0.717) is 0 Å². The van der Waals surface area contributed by atoms with E-state index in [4.69, 9.17) is 4.98 Å². The fraction of sp³-hybridized carbons (Fsp3) is 0.0227. The molecule has 1 aliphatic carbocycles. The van der Waals surface area contributed by atoms with E-state index in [0.717, 1.165) is 16.7 Å². The first-order valence-electron chi connectivity index (χ1n) is 15.9. The summed E-state index contributed by atoms with van der Waals surface area (Å²) in [5.41, 5.74) is 14.1. The number of nitrogens with zero attached hydrogens (tertiary/aromatic N) is 2. The zero-order chi connectivity index (χ0) is 30.2. The summed E-state index contributed by atoms with van der Waals surface area (Å²) in [6.07, 6.45) is 0. The van der Waals surface area contributed by atoms with E-state index in [-0.39, 0.29) is 0 Å². The summed E-state index contributed by atoms with van der Waals surface area (Å²) in [5, 5.41) is 3.61. The molecule has 2 nitrogen and oxygen atoms in total. The average molecular weight is 585 g/mol. The normalized spacial score (nSPS) is 13.4. The minimum Gasteiger partial charge on any atom is -0.292 e. The van der Waals surface area contributed by atoms with Gasteiger partial charge in [0, 0.05) is 10.8 Å². The molecule has 46 heavy (non-hydrogen) atoms. The second-order valence-corrected chi connectivity index (χ2v) is 12.3. The van der Waals surface area contributed by atoms with Crippen LogP contribution in [0, 0.1) is 0 Å². The summed E-state index contributed by atoms with van der Waals surface area (Å²) < 4.78 is 2.33. The quantitative estimate of drug-likeness (QED) is 0.189. The summed E-state index contributed by atoms with van der Waals surface area (Å²) in [4.78, 5) is 5.07. The van der Waals surface area contributed by atoms with Gasteiger partial charge in [0.15, 0.2) is 0 Å². The van der Waals surface area contributed by atoms with Crippen LogP contribution in [0.2, 0.25) is 0 Å². The molecule has 10 rings (SSSR count). The fourth-order valence-electron chi connectivity index (χ4n) is 8.11. The molecule has 0 fully saturated rings. The van der Waals surface area contributed by atoms with E-state index in [1.165, 1.54) is 66.2 Å². The van der Waals surface area contributed by atoms with Crippen LogP contribution in [0.25, 0.3) is 60.6 Å². The number of rotatable bonds is 3. The molecule has 0 amide bonds. The topological polar surface area (TPSA) is 17.3 Å². The van der Waals surface area contributed by atoms with Crippen LogP contribution in [-0.4, -0.2) is 9.38 Å². The fourth-order valence-corrected chi connectivity index (χ4v) is 8.11. The lowest BCUT2D eigenvalue weighted by Crippen LogP contribution is -2.28. The summed E-state index contributed by atoms with van der Waals surface area (Å²) in [7, 11) is 0. The Morgan fingerprint density at radius 2 is 1.02 bits per heavy atom. The smallest absolute Gasteiger partial charge is 0.146 e. The Morgan fingerprint density at radius 1 is 0.413 bits per heavy atom. The van der Waals surface area contributed by atoms with Crippen molar-refractivity contribution in [2.24, 2.45) is 0 Å². The van der Waals surface area contributed by atoms with Crippen molar-refractivity contribution in [1.29, 1.82) is 0 Å². The average Bonchev–Trinajstić information content (AvgIpc) is 3.67. The van der Waals surface area contributed by atoms with Gasteiger partial charge in [0.05, 0.1) is 22.0 Å². The molecular formula is C44H28N2. The molecular weight excluding hydrogens is 556 g/mol. The van der Waals surface area contributed by atoms with Crippen LogP contribution < -0.4 is 0 Å². The third-order valence-electron chi connectivity index (χ3n) is 10.0. The van der Waals surface area contributed by atoms with Crippen molar-refractivity contribution in [3.63, 3.8) is 0 Å². The molecule has 0 saturated carbocycles. The first-order chi connectivity index (χ1) is 22.8. The van der Waals surface area contributed by atoms with Gasteiger partial charge in [0.25, 0.3) is 0 Å². The number of pyridine rings is 1. The number of hydrogen-bond donors (Lipinski definition) is 0. The second kappa shape index (κ2) is 9.50. The van der Waals surface area contributed by atoms with Gasteiger partial charge in [0.1, 0.15) is 5.65 Å². The maximum Gasteiger partial charge on any atom is 0.146 e. The highest BCUT2D eigenvalue weighted by atomic mass is 15.0. The Morgan fingerprint density at radius 3 is 1.83 bits per heavy atom. The second-order valence-electron chi connectivity index (χ2n) is 12.3. The molecule has 214 valence electrons. The van der Waals surface area contributed by atoms with Gasteiger partial charge in [-0.05, 0) is 80.2 Å². The standard InChI is InChI=1S/C44H28N2/c1-3-13-31(14-4-1)44(32-15-5-2-6-16-32)38-20-10-9-18-34(38)35-25-23-30(28-39(35)44)29-24-26-41-37(27-29)33-17-7-8-19-36(33)43-45-40-21-11-12-22-42(40)46(41)43/h1-28H.